The number of rotatable bonds is 5. The van der Waals surface area contributed by atoms with Crippen LogP contribution >= 0.6 is 0 Å². The highest BCUT2D eigenvalue weighted by molar-refractivity contribution is 5.87. The lowest BCUT2D eigenvalue weighted by Crippen LogP contribution is -2.40. The van der Waals surface area contributed by atoms with Gasteiger partial charge in [-0.2, -0.15) is 13.2 Å². The first-order valence-corrected chi connectivity index (χ1v) is 6.22. The maximum Gasteiger partial charge on any atom is 0.411 e. The van der Waals surface area contributed by atoms with Crippen LogP contribution in [-0.4, -0.2) is 37.9 Å². The Hall–Kier alpha value is -1.76. The fraction of sp³-hybridized carbons (Fsp3) is 0.462. The Balaban J connectivity index is 1.67. The van der Waals surface area contributed by atoms with E-state index in [0.29, 0.717) is 6.42 Å². The van der Waals surface area contributed by atoms with Gasteiger partial charge in [0, 0.05) is 18.7 Å². The third-order valence-corrected chi connectivity index (χ3v) is 2.90. The molecule has 2 N–H and O–H groups in total. The average molecular weight is 288 g/mol. The van der Waals surface area contributed by atoms with Crippen molar-refractivity contribution < 1.29 is 22.7 Å². The molecule has 7 heteroatoms. The average Bonchev–Trinajstić information content (AvgIpc) is 2.80. The Morgan fingerprint density at radius 1 is 1.40 bits per heavy atom. The van der Waals surface area contributed by atoms with Crippen LogP contribution in [0.4, 0.5) is 18.9 Å². The van der Waals surface area contributed by atoms with E-state index in [4.69, 9.17) is 0 Å². The number of nitrogens with one attached hydrogen (secondary N) is 2. The number of carbonyl (C=O) groups excluding carboxylic acids is 1. The predicted molar refractivity (Wildman–Crippen MR) is 67.4 cm³/mol. The molecule has 1 aliphatic rings. The minimum atomic E-state index is -4.33. The molecule has 1 amide bonds. The zero-order valence-electron chi connectivity index (χ0n) is 10.7. The second kappa shape index (κ2) is 6.13. The molecular weight excluding hydrogens is 273 g/mol. The highest BCUT2D eigenvalue weighted by Crippen LogP contribution is 2.24. The molecule has 110 valence electrons. The van der Waals surface area contributed by atoms with Gasteiger partial charge in [-0.1, -0.05) is 18.2 Å². The van der Waals surface area contributed by atoms with E-state index in [2.05, 4.69) is 15.4 Å². The zero-order chi connectivity index (χ0) is 14.6. The summed E-state index contributed by atoms with van der Waals surface area (Å²) < 4.78 is 39.9. The third-order valence-electron chi connectivity index (χ3n) is 2.90. The number of amides is 1. The Morgan fingerprint density at radius 3 is 2.85 bits per heavy atom. The van der Waals surface area contributed by atoms with Crippen molar-refractivity contribution in [2.45, 2.75) is 18.6 Å². The summed E-state index contributed by atoms with van der Waals surface area (Å²) in [5, 5.41) is 5.62. The van der Waals surface area contributed by atoms with E-state index < -0.39 is 12.8 Å². The van der Waals surface area contributed by atoms with Crippen molar-refractivity contribution in [3.05, 3.63) is 29.8 Å². The number of para-hydroxylation sites is 1. The molecule has 0 bridgehead atoms. The normalized spacial score (nSPS) is 17.4. The van der Waals surface area contributed by atoms with Gasteiger partial charge in [-0.25, -0.2) is 0 Å². The summed E-state index contributed by atoms with van der Waals surface area (Å²) in [7, 11) is 0. The Labute approximate surface area is 114 Å². The van der Waals surface area contributed by atoms with Crippen LogP contribution < -0.4 is 10.6 Å². The number of hydrogen-bond acceptors (Lipinski definition) is 3. The number of benzene rings is 1. The van der Waals surface area contributed by atoms with Crippen molar-refractivity contribution in [3.8, 4) is 0 Å². The van der Waals surface area contributed by atoms with Crippen molar-refractivity contribution >= 4 is 11.6 Å². The van der Waals surface area contributed by atoms with Crippen LogP contribution in [0.25, 0.3) is 0 Å². The standard InChI is InChI=1S/C13H15F3N2O2/c14-13(15,16)8-20-6-5-17-12(19)11-7-9-3-1-2-4-10(9)18-11/h1-4,11,18H,5-8H2,(H,17,19). The summed E-state index contributed by atoms with van der Waals surface area (Å²) in [4.78, 5) is 11.8. The Bertz CT molecular complexity index is 452. The smallest absolute Gasteiger partial charge is 0.373 e. The first-order chi connectivity index (χ1) is 9.46. The van der Waals surface area contributed by atoms with Gasteiger partial charge in [-0.05, 0) is 11.6 Å². The topological polar surface area (TPSA) is 50.4 Å². The van der Waals surface area contributed by atoms with Gasteiger partial charge >= 0.3 is 6.18 Å². The van der Waals surface area contributed by atoms with Crippen molar-refractivity contribution in [3.63, 3.8) is 0 Å². The van der Waals surface area contributed by atoms with Gasteiger partial charge in [0.05, 0.1) is 6.61 Å². The molecule has 1 aliphatic heterocycles. The van der Waals surface area contributed by atoms with Crippen LogP contribution in [0.5, 0.6) is 0 Å². The predicted octanol–water partition coefficient (Wildman–Crippen LogP) is 1.72. The van der Waals surface area contributed by atoms with E-state index in [0.717, 1.165) is 11.3 Å². The molecule has 2 rings (SSSR count). The van der Waals surface area contributed by atoms with Crippen LogP contribution in [0, 0.1) is 0 Å². The molecule has 1 atom stereocenters. The molecule has 0 aromatic heterocycles. The molecule has 0 spiro atoms. The molecule has 0 fully saturated rings. The maximum absolute atomic E-state index is 11.8. The van der Waals surface area contributed by atoms with Crippen molar-refractivity contribution in [1.29, 1.82) is 0 Å². The van der Waals surface area contributed by atoms with Gasteiger partial charge in [-0.15, -0.1) is 0 Å². The van der Waals surface area contributed by atoms with Crippen LogP contribution in [-0.2, 0) is 16.0 Å². The van der Waals surface area contributed by atoms with Gasteiger partial charge in [0.15, 0.2) is 0 Å². The van der Waals surface area contributed by atoms with Crippen LogP contribution in [0.3, 0.4) is 0 Å². The second-order valence-electron chi connectivity index (χ2n) is 4.52. The summed E-state index contributed by atoms with van der Waals surface area (Å²) in [6, 6.07) is 7.20. The highest BCUT2D eigenvalue weighted by Gasteiger charge is 2.28. The van der Waals surface area contributed by atoms with E-state index in [-0.39, 0.29) is 25.1 Å². The van der Waals surface area contributed by atoms with Crippen molar-refractivity contribution in [2.24, 2.45) is 0 Å². The molecule has 1 unspecified atom stereocenters. The first-order valence-electron chi connectivity index (χ1n) is 6.22. The minimum absolute atomic E-state index is 0.0590. The molecule has 0 saturated carbocycles. The number of carbonyl (C=O) groups is 1. The van der Waals surface area contributed by atoms with Crippen LogP contribution in [0.1, 0.15) is 5.56 Å². The fourth-order valence-electron chi connectivity index (χ4n) is 2.01. The summed E-state index contributed by atoms with van der Waals surface area (Å²) in [6.07, 6.45) is -3.76. The molecule has 1 aromatic carbocycles. The zero-order valence-corrected chi connectivity index (χ0v) is 10.7. The minimum Gasteiger partial charge on any atom is -0.373 e. The largest absolute Gasteiger partial charge is 0.411 e. The van der Waals surface area contributed by atoms with E-state index >= 15 is 0 Å². The molecule has 0 aliphatic carbocycles. The highest BCUT2D eigenvalue weighted by atomic mass is 19.4. The van der Waals surface area contributed by atoms with Crippen molar-refractivity contribution in [2.75, 3.05) is 25.1 Å². The molecule has 1 aromatic rings. The number of hydrogen-bond donors (Lipinski definition) is 2. The van der Waals surface area contributed by atoms with Gasteiger partial charge in [0.1, 0.15) is 12.6 Å². The van der Waals surface area contributed by atoms with Crippen molar-refractivity contribution in [1.82, 2.24) is 5.32 Å². The van der Waals surface area contributed by atoms with Gasteiger partial charge in [0.25, 0.3) is 0 Å². The molecule has 4 nitrogen and oxygen atoms in total. The van der Waals surface area contributed by atoms with Crippen LogP contribution in [0.15, 0.2) is 24.3 Å². The second-order valence-corrected chi connectivity index (χ2v) is 4.52. The Morgan fingerprint density at radius 2 is 2.15 bits per heavy atom. The molecule has 1 heterocycles. The van der Waals surface area contributed by atoms with E-state index in [1.807, 2.05) is 24.3 Å². The van der Waals surface area contributed by atoms with E-state index in [1.54, 1.807) is 0 Å². The number of halogens is 3. The van der Waals surface area contributed by atoms with Gasteiger partial charge < -0.3 is 15.4 Å². The molecular formula is C13H15F3N2O2. The molecule has 20 heavy (non-hydrogen) atoms. The Kier molecular flexibility index (Phi) is 4.49. The lowest BCUT2D eigenvalue weighted by atomic mass is 10.1. The van der Waals surface area contributed by atoms with E-state index in [1.165, 1.54) is 0 Å². The number of fused-ring (bicyclic) bond motifs is 1. The van der Waals surface area contributed by atoms with Gasteiger partial charge in [0.2, 0.25) is 5.91 Å². The maximum atomic E-state index is 11.8. The monoisotopic (exact) mass is 288 g/mol. The van der Waals surface area contributed by atoms with Gasteiger partial charge in [-0.3, -0.25) is 4.79 Å². The number of alkyl halides is 3. The number of ether oxygens (including phenoxy) is 1. The summed E-state index contributed by atoms with van der Waals surface area (Å²) in [5.74, 6) is -0.239. The fourth-order valence-corrected chi connectivity index (χ4v) is 2.01. The molecule has 0 saturated heterocycles. The van der Waals surface area contributed by atoms with Crippen LogP contribution in [0.2, 0.25) is 0 Å². The quantitative estimate of drug-likeness (QED) is 0.811. The number of anilines is 1. The SMILES string of the molecule is O=C(NCCOCC(F)(F)F)C1Cc2ccccc2N1. The summed E-state index contributed by atoms with van der Waals surface area (Å²) in [5.41, 5.74) is 1.97. The lowest BCUT2D eigenvalue weighted by molar-refractivity contribution is -0.173. The van der Waals surface area contributed by atoms with E-state index in [9.17, 15) is 18.0 Å². The summed E-state index contributed by atoms with van der Waals surface area (Å²) in [6.45, 7) is -1.40. The third kappa shape index (κ3) is 4.12. The molecule has 0 radical (unpaired) electrons. The first kappa shape index (κ1) is 14.6. The summed E-state index contributed by atoms with van der Waals surface area (Å²) >= 11 is 0. The lowest BCUT2D eigenvalue weighted by Gasteiger charge is -2.12.